The number of piperazine rings is 1. The van der Waals surface area contributed by atoms with Crippen LogP contribution >= 0.6 is 11.6 Å². The van der Waals surface area contributed by atoms with Crippen molar-refractivity contribution in [3.05, 3.63) is 70.9 Å². The molecule has 2 aliphatic heterocycles. The number of hydrogen-bond donors (Lipinski definition) is 0. The maximum atomic E-state index is 12.5. The average Bonchev–Trinajstić information content (AvgIpc) is 3.83. The molecule has 0 spiro atoms. The summed E-state index contributed by atoms with van der Waals surface area (Å²) in [7, 11) is 0. The van der Waals surface area contributed by atoms with Gasteiger partial charge in [-0.05, 0) is 31.4 Å². The summed E-state index contributed by atoms with van der Waals surface area (Å²) in [5.74, 6) is 0.656. The molecule has 2 aromatic heterocycles. The minimum atomic E-state index is -0.252. The van der Waals surface area contributed by atoms with E-state index >= 15 is 0 Å². The van der Waals surface area contributed by atoms with Gasteiger partial charge in [0.25, 0.3) is 0 Å². The van der Waals surface area contributed by atoms with Crippen LogP contribution in [0.15, 0.2) is 43.2 Å². The molecule has 1 saturated carbocycles. The highest BCUT2D eigenvalue weighted by Gasteiger charge is 2.35. The third-order valence-electron chi connectivity index (χ3n) is 7.81. The Kier molecular flexibility index (Phi) is 7.90. The Labute approximate surface area is 244 Å². The van der Waals surface area contributed by atoms with Crippen LogP contribution in [0.4, 0.5) is 11.5 Å². The number of hydrogen-bond acceptors (Lipinski definition) is 8. The van der Waals surface area contributed by atoms with E-state index in [-0.39, 0.29) is 18.5 Å². The van der Waals surface area contributed by atoms with Crippen molar-refractivity contribution < 1.29 is 14.3 Å². The van der Waals surface area contributed by atoms with E-state index in [9.17, 15) is 4.79 Å². The van der Waals surface area contributed by atoms with Crippen LogP contribution in [0.25, 0.3) is 15.6 Å². The fourth-order valence-corrected chi connectivity index (χ4v) is 5.91. The van der Waals surface area contributed by atoms with E-state index in [2.05, 4.69) is 26.2 Å². The molecule has 1 aliphatic carbocycles. The molecule has 4 heterocycles. The van der Waals surface area contributed by atoms with Crippen molar-refractivity contribution in [1.82, 2.24) is 19.9 Å². The zero-order chi connectivity index (χ0) is 28.3. The second-order valence-electron chi connectivity index (χ2n) is 10.5. The molecule has 0 bridgehead atoms. The third kappa shape index (κ3) is 5.78. The largest absolute Gasteiger partial charge is 0.461 e. The number of anilines is 2. The summed E-state index contributed by atoms with van der Waals surface area (Å²) in [5.41, 5.74) is 2.91. The number of halogens is 1. The van der Waals surface area contributed by atoms with E-state index in [0.29, 0.717) is 56.5 Å². The molecule has 212 valence electrons. The van der Waals surface area contributed by atoms with Gasteiger partial charge in [-0.3, -0.25) is 9.78 Å². The number of fused-ring (bicyclic) bond motifs is 2. The molecule has 3 aromatic rings. The van der Waals surface area contributed by atoms with Gasteiger partial charge in [-0.1, -0.05) is 30.3 Å². The number of nitrogens with zero attached hydrogens (tertiary/aromatic N) is 7. The number of benzene rings is 1. The van der Waals surface area contributed by atoms with E-state index in [1.54, 1.807) is 4.90 Å². The molecule has 1 amide bonds. The zero-order valence-electron chi connectivity index (χ0n) is 22.8. The van der Waals surface area contributed by atoms with Gasteiger partial charge in [-0.15, -0.1) is 0 Å². The van der Waals surface area contributed by atoms with Crippen LogP contribution in [0.2, 0.25) is 5.02 Å². The number of pyridine rings is 1. The highest BCUT2D eigenvalue weighted by molar-refractivity contribution is 6.36. The fraction of sp³-hybridized carbons (Fsp3) is 0.433. The number of carbonyl (C=O) groups excluding carboxylic acids is 1. The Morgan fingerprint density at radius 2 is 2.05 bits per heavy atom. The van der Waals surface area contributed by atoms with Gasteiger partial charge in [-0.2, -0.15) is 9.97 Å². The number of carbonyl (C=O) groups is 1. The number of ether oxygens (including phenoxy) is 2. The molecule has 0 radical (unpaired) electrons. The first-order chi connectivity index (χ1) is 20.1. The molecular weight excluding hydrogens is 542 g/mol. The van der Waals surface area contributed by atoms with Gasteiger partial charge in [0.1, 0.15) is 18.5 Å². The first kappa shape index (κ1) is 27.2. The van der Waals surface area contributed by atoms with Crippen LogP contribution in [0.1, 0.15) is 24.1 Å². The lowest BCUT2D eigenvalue weighted by Crippen LogP contribution is -2.56. The van der Waals surface area contributed by atoms with Crippen molar-refractivity contribution in [2.24, 2.45) is 0 Å². The zero-order valence-corrected chi connectivity index (χ0v) is 23.6. The summed E-state index contributed by atoms with van der Waals surface area (Å²) in [6.07, 6.45) is 8.28. The molecule has 1 atom stereocenters. The first-order valence-electron chi connectivity index (χ1n) is 14.0. The van der Waals surface area contributed by atoms with Crippen LogP contribution in [-0.4, -0.2) is 83.8 Å². The summed E-state index contributed by atoms with van der Waals surface area (Å²) in [5, 5.41) is 2.65. The number of aromatic nitrogens is 3. The van der Waals surface area contributed by atoms with E-state index in [0.717, 1.165) is 59.3 Å². The molecule has 1 unspecified atom stereocenters. The van der Waals surface area contributed by atoms with Crippen LogP contribution in [-0.2, 0) is 22.5 Å². The van der Waals surface area contributed by atoms with Crippen LogP contribution < -0.4 is 14.5 Å². The molecule has 10 nitrogen and oxygen atoms in total. The highest BCUT2D eigenvalue weighted by atomic mass is 35.5. The SMILES string of the molecule is [C-]#[N+]CC1CN(c2nc(OCCOC3CC3)nc3c2CCN(c2cncc4cccc(Cl)c24)C3)CCN1C(=O)C=C. The Morgan fingerprint density at radius 1 is 1.17 bits per heavy atom. The summed E-state index contributed by atoms with van der Waals surface area (Å²) in [6, 6.07) is 5.90. The van der Waals surface area contributed by atoms with E-state index in [1.807, 2.05) is 30.6 Å². The molecule has 0 N–H and O–H groups in total. The molecule has 1 saturated heterocycles. The minimum absolute atomic E-state index is 0.152. The quantitative estimate of drug-likeness (QED) is 0.216. The lowest BCUT2D eigenvalue weighted by atomic mass is 10.0. The van der Waals surface area contributed by atoms with Gasteiger partial charge in [0.05, 0.1) is 41.9 Å². The Balaban J connectivity index is 1.31. The van der Waals surface area contributed by atoms with Crippen molar-refractivity contribution >= 4 is 39.8 Å². The monoisotopic (exact) mass is 573 g/mol. The van der Waals surface area contributed by atoms with Gasteiger partial charge in [0, 0.05) is 48.7 Å². The normalized spacial score (nSPS) is 18.6. The predicted octanol–water partition coefficient (Wildman–Crippen LogP) is 3.92. The van der Waals surface area contributed by atoms with Crippen molar-refractivity contribution in [3.63, 3.8) is 0 Å². The molecule has 3 aliphatic rings. The van der Waals surface area contributed by atoms with E-state index in [1.165, 1.54) is 6.08 Å². The van der Waals surface area contributed by atoms with Crippen LogP contribution in [0.3, 0.4) is 0 Å². The molecule has 11 heteroatoms. The predicted molar refractivity (Wildman–Crippen MR) is 157 cm³/mol. The summed E-state index contributed by atoms with van der Waals surface area (Å²) in [6.45, 7) is 15.0. The molecular formula is C30H32ClN7O3. The standard InChI is InChI=1S/C30H32ClN7O3/c1-3-27(39)38-12-11-37(18-21(38)16-32-2)29-23-9-10-36(26-17-33-15-20-5-4-6-24(31)28(20)26)19-25(23)34-30(35-29)41-14-13-40-22-7-8-22/h3-6,15,17,21-22H,1,7-14,16,18-19H2. The van der Waals surface area contributed by atoms with E-state index < -0.39 is 0 Å². The van der Waals surface area contributed by atoms with Crippen LogP contribution in [0.5, 0.6) is 6.01 Å². The molecule has 1 aromatic carbocycles. The van der Waals surface area contributed by atoms with E-state index in [4.69, 9.17) is 37.6 Å². The van der Waals surface area contributed by atoms with Crippen molar-refractivity contribution in [2.45, 2.75) is 38.0 Å². The average molecular weight is 574 g/mol. The first-order valence-corrected chi connectivity index (χ1v) is 14.4. The van der Waals surface area contributed by atoms with Crippen molar-refractivity contribution in [3.8, 4) is 6.01 Å². The second kappa shape index (κ2) is 11.9. The van der Waals surface area contributed by atoms with Crippen molar-refractivity contribution in [2.75, 3.05) is 55.7 Å². The van der Waals surface area contributed by atoms with Crippen LogP contribution in [0, 0.1) is 6.57 Å². The Bertz CT molecular complexity index is 1500. The molecule has 2 fully saturated rings. The third-order valence-corrected chi connectivity index (χ3v) is 8.13. The van der Waals surface area contributed by atoms with Gasteiger partial charge < -0.3 is 29.0 Å². The number of rotatable bonds is 9. The summed E-state index contributed by atoms with van der Waals surface area (Å²) < 4.78 is 11.8. The summed E-state index contributed by atoms with van der Waals surface area (Å²) in [4.78, 5) is 36.4. The van der Waals surface area contributed by atoms with Gasteiger partial charge in [-0.25, -0.2) is 6.57 Å². The minimum Gasteiger partial charge on any atom is -0.461 e. The number of amides is 1. The maximum absolute atomic E-state index is 12.5. The Morgan fingerprint density at radius 3 is 2.85 bits per heavy atom. The molecule has 41 heavy (non-hydrogen) atoms. The van der Waals surface area contributed by atoms with Crippen molar-refractivity contribution in [1.29, 1.82) is 0 Å². The van der Waals surface area contributed by atoms with Gasteiger partial charge in [0.15, 0.2) is 0 Å². The lowest BCUT2D eigenvalue weighted by molar-refractivity contribution is -0.128. The summed E-state index contributed by atoms with van der Waals surface area (Å²) >= 11 is 6.64. The Hall–Kier alpha value is -3.94. The maximum Gasteiger partial charge on any atom is 0.318 e. The second-order valence-corrected chi connectivity index (χ2v) is 10.9. The highest BCUT2D eigenvalue weighted by Crippen LogP contribution is 2.36. The molecule has 6 rings (SSSR count). The fourth-order valence-electron chi connectivity index (χ4n) is 5.63. The lowest BCUT2D eigenvalue weighted by Gasteiger charge is -2.41. The topological polar surface area (TPSA) is 88.3 Å². The smallest absolute Gasteiger partial charge is 0.318 e. The van der Waals surface area contributed by atoms with Gasteiger partial charge in [0.2, 0.25) is 12.5 Å². The van der Waals surface area contributed by atoms with Gasteiger partial charge >= 0.3 is 6.01 Å².